The molecule has 1 atom stereocenters. The minimum Gasteiger partial charge on any atom is -0.398 e. The van der Waals surface area contributed by atoms with Crippen LogP contribution in [-0.2, 0) is 8.85 Å². The van der Waals surface area contributed by atoms with Gasteiger partial charge in [-0.05, 0) is 13.0 Å². The van der Waals surface area contributed by atoms with E-state index in [9.17, 15) is 0 Å². The summed E-state index contributed by atoms with van der Waals surface area (Å²) in [6, 6.07) is 0.865. The summed E-state index contributed by atoms with van der Waals surface area (Å²) < 4.78 is 10.9. The molecule has 0 rings (SSSR count). The van der Waals surface area contributed by atoms with Crippen molar-refractivity contribution in [3.05, 3.63) is 12.7 Å². The van der Waals surface area contributed by atoms with Crippen LogP contribution < -0.4 is 0 Å². The van der Waals surface area contributed by atoms with Crippen molar-refractivity contribution in [1.82, 2.24) is 0 Å². The first-order valence-corrected chi connectivity index (χ1v) is 6.51. The van der Waals surface area contributed by atoms with Gasteiger partial charge in [-0.25, -0.2) is 0 Å². The van der Waals surface area contributed by atoms with Crippen molar-refractivity contribution in [2.24, 2.45) is 0 Å². The number of rotatable bonds is 6. The van der Waals surface area contributed by atoms with Crippen molar-refractivity contribution < 1.29 is 8.85 Å². The fourth-order valence-electron chi connectivity index (χ4n) is 0.781. The predicted octanol–water partition coefficient (Wildman–Crippen LogP) is 2.32. The molecule has 0 fully saturated rings. The Kier molecular flexibility index (Phi) is 5.46. The Balaban J connectivity index is 3.77. The van der Waals surface area contributed by atoms with Crippen molar-refractivity contribution in [2.75, 3.05) is 13.7 Å². The number of hydrogen-bond acceptors (Lipinski definition) is 2. The van der Waals surface area contributed by atoms with Crippen LogP contribution in [0.1, 0.15) is 13.3 Å². The van der Waals surface area contributed by atoms with Gasteiger partial charge < -0.3 is 8.85 Å². The Bertz CT molecular complexity index is 117. The second-order valence-electron chi connectivity index (χ2n) is 2.68. The van der Waals surface area contributed by atoms with Gasteiger partial charge in [-0.3, -0.25) is 0 Å². The third-order valence-corrected chi connectivity index (χ3v) is 4.27. The van der Waals surface area contributed by atoms with Crippen molar-refractivity contribution in [1.29, 1.82) is 0 Å². The molecule has 2 nitrogen and oxygen atoms in total. The molecule has 0 saturated heterocycles. The first-order chi connectivity index (χ1) is 5.18. The molecule has 0 aromatic heterocycles. The molecule has 0 aromatic carbocycles. The van der Waals surface area contributed by atoms with E-state index in [0.717, 1.165) is 19.1 Å². The van der Waals surface area contributed by atoms with Crippen molar-refractivity contribution >= 4 is 8.56 Å². The molecule has 66 valence electrons. The molecule has 0 N–H and O–H groups in total. The number of allylic oxidation sites excluding steroid dienone is 1. The van der Waals surface area contributed by atoms with Crippen LogP contribution in [0.25, 0.3) is 0 Å². The maximum absolute atomic E-state index is 5.61. The smallest absolute Gasteiger partial charge is 0.338 e. The molecule has 0 aliphatic carbocycles. The lowest BCUT2D eigenvalue weighted by atomic mass is 10.5. The van der Waals surface area contributed by atoms with Crippen LogP contribution in [0, 0.1) is 0 Å². The summed E-state index contributed by atoms with van der Waals surface area (Å²) in [7, 11) is -0.149. The van der Waals surface area contributed by atoms with Gasteiger partial charge in [0, 0.05) is 19.8 Å². The maximum Gasteiger partial charge on any atom is 0.338 e. The quantitative estimate of drug-likeness (QED) is 0.454. The van der Waals surface area contributed by atoms with Crippen molar-refractivity contribution in [3.63, 3.8) is 0 Å². The summed E-state index contributed by atoms with van der Waals surface area (Å²) in [5.41, 5.74) is 0. The highest BCUT2D eigenvalue weighted by molar-refractivity contribution is 6.66. The predicted molar refractivity (Wildman–Crippen MR) is 49.9 cm³/mol. The highest BCUT2D eigenvalue weighted by Gasteiger charge is 2.27. The minimum absolute atomic E-state index is 0.796. The van der Waals surface area contributed by atoms with Gasteiger partial charge in [0.25, 0.3) is 0 Å². The molecule has 11 heavy (non-hydrogen) atoms. The van der Waals surface area contributed by atoms with E-state index in [1.807, 2.05) is 6.08 Å². The zero-order chi connectivity index (χ0) is 8.74. The molecule has 0 aliphatic rings. The van der Waals surface area contributed by atoms with E-state index in [1.165, 1.54) is 0 Å². The molecular weight excluding hydrogens is 156 g/mol. The molecular formula is C8H18O2Si. The van der Waals surface area contributed by atoms with E-state index in [4.69, 9.17) is 8.85 Å². The molecule has 0 amide bonds. The Hall–Kier alpha value is -0.123. The maximum atomic E-state index is 5.61. The molecule has 3 heteroatoms. The monoisotopic (exact) mass is 174 g/mol. The van der Waals surface area contributed by atoms with Crippen LogP contribution in [0.4, 0.5) is 0 Å². The van der Waals surface area contributed by atoms with E-state index in [1.54, 1.807) is 7.11 Å². The lowest BCUT2D eigenvalue weighted by Gasteiger charge is -2.23. The van der Waals surface area contributed by atoms with Crippen LogP contribution in [-0.4, -0.2) is 22.3 Å². The van der Waals surface area contributed by atoms with Crippen molar-refractivity contribution in [3.8, 4) is 0 Å². The van der Waals surface area contributed by atoms with E-state index in [-0.39, 0.29) is 0 Å². The van der Waals surface area contributed by atoms with E-state index >= 15 is 0 Å². The average molecular weight is 174 g/mol. The lowest BCUT2D eigenvalue weighted by Crippen LogP contribution is -2.36. The van der Waals surface area contributed by atoms with E-state index in [2.05, 4.69) is 20.0 Å². The summed E-state index contributed by atoms with van der Waals surface area (Å²) in [5, 5.41) is 0. The molecule has 0 bridgehead atoms. The second-order valence-corrected chi connectivity index (χ2v) is 6.05. The molecule has 0 radical (unpaired) electrons. The highest BCUT2D eigenvalue weighted by atomic mass is 28.4. The minimum atomic E-state index is -1.86. The van der Waals surface area contributed by atoms with E-state index < -0.39 is 8.56 Å². The summed E-state index contributed by atoms with van der Waals surface area (Å²) >= 11 is 0. The fraction of sp³-hybridized carbons (Fsp3) is 0.750. The van der Waals surface area contributed by atoms with Gasteiger partial charge in [0.1, 0.15) is 0 Å². The summed E-state index contributed by atoms with van der Waals surface area (Å²) in [4.78, 5) is 0. The van der Waals surface area contributed by atoms with Crippen LogP contribution in [0.5, 0.6) is 0 Å². The van der Waals surface area contributed by atoms with Gasteiger partial charge in [0.2, 0.25) is 0 Å². The normalized spacial score (nSPS) is 15.9. The van der Waals surface area contributed by atoms with Crippen molar-refractivity contribution in [2.45, 2.75) is 25.9 Å². The van der Waals surface area contributed by atoms with Crippen LogP contribution in [0.2, 0.25) is 12.6 Å². The third kappa shape index (κ3) is 4.34. The highest BCUT2D eigenvalue weighted by Crippen LogP contribution is 2.12. The van der Waals surface area contributed by atoms with Crippen LogP contribution in [0.15, 0.2) is 12.7 Å². The Morgan fingerprint density at radius 1 is 1.55 bits per heavy atom. The Morgan fingerprint density at radius 3 is 2.55 bits per heavy atom. The summed E-state index contributed by atoms with van der Waals surface area (Å²) in [6.45, 7) is 8.63. The van der Waals surface area contributed by atoms with Gasteiger partial charge in [-0.1, -0.05) is 13.0 Å². The fourth-order valence-corrected chi connectivity index (χ4v) is 2.34. The largest absolute Gasteiger partial charge is 0.398 e. The topological polar surface area (TPSA) is 18.5 Å². The van der Waals surface area contributed by atoms with Gasteiger partial charge in [0.15, 0.2) is 0 Å². The van der Waals surface area contributed by atoms with Crippen LogP contribution in [0.3, 0.4) is 0 Å². The molecule has 0 aromatic rings. The first kappa shape index (κ1) is 10.9. The van der Waals surface area contributed by atoms with Gasteiger partial charge >= 0.3 is 8.56 Å². The van der Waals surface area contributed by atoms with E-state index in [0.29, 0.717) is 0 Å². The first-order valence-electron chi connectivity index (χ1n) is 3.98. The molecule has 0 aliphatic heterocycles. The zero-order valence-electron chi connectivity index (χ0n) is 7.72. The average Bonchev–Trinajstić information content (AvgIpc) is 2.02. The Labute approximate surface area is 70.5 Å². The van der Waals surface area contributed by atoms with Crippen LogP contribution >= 0.6 is 0 Å². The summed E-state index contributed by atoms with van der Waals surface area (Å²) in [6.07, 6.45) is 2.91. The molecule has 0 spiro atoms. The molecule has 0 saturated carbocycles. The van der Waals surface area contributed by atoms with Gasteiger partial charge in [-0.15, -0.1) is 6.58 Å². The van der Waals surface area contributed by atoms with Gasteiger partial charge in [-0.2, -0.15) is 0 Å². The second kappa shape index (κ2) is 5.52. The third-order valence-electron chi connectivity index (χ3n) is 1.56. The summed E-state index contributed by atoms with van der Waals surface area (Å²) in [5.74, 6) is 0. The standard InChI is InChI=1S/C8H18O2Si/c1-5-7-10-11(4,9-3)8-6-2/h6H,2,5,7-8H2,1,3-4H3. The number of hydrogen-bond donors (Lipinski definition) is 0. The molecule has 0 heterocycles. The SMILES string of the molecule is C=CC[Si](C)(OC)OCCC. The van der Waals surface area contributed by atoms with Gasteiger partial charge in [0.05, 0.1) is 0 Å². The zero-order valence-corrected chi connectivity index (χ0v) is 8.72. The molecule has 1 unspecified atom stereocenters. The Morgan fingerprint density at radius 2 is 2.18 bits per heavy atom. The lowest BCUT2D eigenvalue weighted by molar-refractivity contribution is 0.207.